The zero-order valence-electron chi connectivity index (χ0n) is 8.11. The van der Waals surface area contributed by atoms with Gasteiger partial charge < -0.3 is 5.11 Å². The predicted molar refractivity (Wildman–Crippen MR) is 33.3 cm³/mol. The summed E-state index contributed by atoms with van der Waals surface area (Å²) in [4.78, 5) is 10.4. The summed E-state index contributed by atoms with van der Waals surface area (Å²) in [5.41, 5.74) is -1.22. The minimum absolute atomic E-state index is 1.11. The summed E-state index contributed by atoms with van der Waals surface area (Å²) in [6, 6.07) is -3.48. The molecule has 0 saturated carbocycles. The van der Waals surface area contributed by atoms with Crippen LogP contribution < -0.4 is 0 Å². The summed E-state index contributed by atoms with van der Waals surface area (Å²) in [6.45, 7) is 0. The van der Waals surface area contributed by atoms with E-state index in [1.807, 2.05) is 0 Å². The van der Waals surface area contributed by atoms with E-state index in [4.69, 9.17) is 9.22 Å². The van der Waals surface area contributed by atoms with Crippen LogP contribution >= 0.6 is 0 Å². The molecule has 0 amide bonds. The Morgan fingerprint density at radius 3 is 2.73 bits per heavy atom. The molecular formula is C7H4F2O2. The van der Waals surface area contributed by atoms with Crippen LogP contribution in [0.5, 0.6) is 0 Å². The van der Waals surface area contributed by atoms with Crippen molar-refractivity contribution in [2.45, 2.75) is 0 Å². The van der Waals surface area contributed by atoms with Gasteiger partial charge in [0.05, 0.1) is 9.68 Å². The Morgan fingerprint density at radius 2 is 2.18 bits per heavy atom. The molecule has 0 unspecified atom stereocenters. The number of rotatable bonds is 1. The SMILES string of the molecule is [2H]c1c([2H])c(F)c(C(=O)O)c([2H])c1F. The summed E-state index contributed by atoms with van der Waals surface area (Å²) in [6.07, 6.45) is 0. The van der Waals surface area contributed by atoms with E-state index < -0.39 is 41.3 Å². The highest BCUT2D eigenvalue weighted by atomic mass is 19.1. The van der Waals surface area contributed by atoms with Gasteiger partial charge in [-0.15, -0.1) is 0 Å². The summed E-state index contributed by atoms with van der Waals surface area (Å²) in [7, 11) is 0. The standard InChI is InChI=1S/C7H4F2O2/c8-4-1-2-6(9)5(3-4)7(10)11/h1-3H,(H,10,11)/i1D,2D,3D. The minimum atomic E-state index is -1.83. The van der Waals surface area contributed by atoms with E-state index in [2.05, 4.69) is 0 Å². The van der Waals surface area contributed by atoms with Crippen LogP contribution in [0.25, 0.3) is 0 Å². The van der Waals surface area contributed by atoms with Gasteiger partial charge in [0, 0.05) is 0 Å². The van der Waals surface area contributed by atoms with Crippen molar-refractivity contribution >= 4 is 5.97 Å². The molecule has 0 aliphatic carbocycles. The number of hydrogen-bond acceptors (Lipinski definition) is 1. The van der Waals surface area contributed by atoms with E-state index >= 15 is 0 Å². The lowest BCUT2D eigenvalue weighted by atomic mass is 10.2. The van der Waals surface area contributed by atoms with Gasteiger partial charge in [0.25, 0.3) is 0 Å². The summed E-state index contributed by atoms with van der Waals surface area (Å²) in [5, 5.41) is 8.42. The normalized spacial score (nSPS) is 13.5. The third-order valence-corrected chi connectivity index (χ3v) is 0.950. The zero-order valence-corrected chi connectivity index (χ0v) is 5.11. The number of aromatic carboxylic acids is 1. The fraction of sp³-hybridized carbons (Fsp3) is 0. The molecule has 4 heteroatoms. The van der Waals surface area contributed by atoms with Crippen molar-refractivity contribution in [2.24, 2.45) is 0 Å². The average Bonchev–Trinajstić information content (AvgIpc) is 2.11. The number of carboxylic acid groups (broad SMARTS) is 1. The molecule has 58 valence electrons. The topological polar surface area (TPSA) is 37.3 Å². The molecule has 1 rings (SSSR count). The highest BCUT2D eigenvalue weighted by Crippen LogP contribution is 2.08. The van der Waals surface area contributed by atoms with Gasteiger partial charge in [0.1, 0.15) is 11.6 Å². The molecule has 0 aromatic heterocycles. The molecule has 0 saturated heterocycles. The van der Waals surface area contributed by atoms with Crippen LogP contribution in [0.1, 0.15) is 14.5 Å². The minimum Gasteiger partial charge on any atom is -0.478 e. The first-order chi connectivity index (χ1) is 6.37. The number of carbonyl (C=O) groups is 1. The van der Waals surface area contributed by atoms with Crippen molar-refractivity contribution in [1.82, 2.24) is 0 Å². The molecule has 1 N–H and O–H groups in total. The number of halogens is 2. The summed E-state index contributed by atoms with van der Waals surface area (Å²) >= 11 is 0. The molecular weight excluding hydrogens is 154 g/mol. The maximum Gasteiger partial charge on any atom is 0.338 e. The van der Waals surface area contributed by atoms with Crippen LogP contribution in [-0.2, 0) is 0 Å². The second-order valence-corrected chi connectivity index (χ2v) is 1.68. The fourth-order valence-electron chi connectivity index (χ4n) is 0.515. The lowest BCUT2D eigenvalue weighted by Gasteiger charge is -1.95. The number of benzene rings is 1. The summed E-state index contributed by atoms with van der Waals surface area (Å²) in [5.74, 6) is -4.90. The van der Waals surface area contributed by atoms with Crippen LogP contribution in [0, 0.1) is 11.6 Å². The van der Waals surface area contributed by atoms with E-state index in [0.29, 0.717) is 0 Å². The highest BCUT2D eigenvalue weighted by molar-refractivity contribution is 5.87. The molecule has 0 aliphatic heterocycles. The second kappa shape index (κ2) is 2.65. The Balaban J connectivity index is 3.68. The molecule has 1 aromatic carbocycles. The number of hydrogen-bond donors (Lipinski definition) is 1. The van der Waals surface area contributed by atoms with Gasteiger partial charge in [-0.2, -0.15) is 0 Å². The van der Waals surface area contributed by atoms with Gasteiger partial charge in [0.2, 0.25) is 0 Å². The monoisotopic (exact) mass is 161 g/mol. The van der Waals surface area contributed by atoms with Crippen LogP contribution in [0.3, 0.4) is 0 Å². The quantitative estimate of drug-likeness (QED) is 0.680. The van der Waals surface area contributed by atoms with Crippen LogP contribution in [0.4, 0.5) is 8.78 Å². The first-order valence-corrected chi connectivity index (χ1v) is 2.56. The Morgan fingerprint density at radius 1 is 1.55 bits per heavy atom. The molecule has 0 fully saturated rings. The Kier molecular flexibility index (Phi) is 1.07. The lowest BCUT2D eigenvalue weighted by molar-refractivity contribution is 0.0691. The van der Waals surface area contributed by atoms with Gasteiger partial charge in [-0.1, -0.05) is 0 Å². The van der Waals surface area contributed by atoms with E-state index in [9.17, 15) is 13.6 Å². The Bertz CT molecular complexity index is 391. The van der Waals surface area contributed by atoms with Crippen molar-refractivity contribution in [3.05, 3.63) is 35.3 Å². The number of carboxylic acids is 1. The van der Waals surface area contributed by atoms with Gasteiger partial charge in [-0.05, 0) is 18.1 Å². The first kappa shape index (κ1) is 4.43. The van der Waals surface area contributed by atoms with Crippen LogP contribution in [0.15, 0.2) is 18.1 Å². The molecule has 0 bridgehead atoms. The lowest BCUT2D eigenvalue weighted by Crippen LogP contribution is -2.00. The highest BCUT2D eigenvalue weighted by Gasteiger charge is 2.09. The molecule has 0 heterocycles. The Hall–Kier alpha value is -1.45. The molecule has 2 nitrogen and oxygen atoms in total. The van der Waals surface area contributed by atoms with E-state index in [-0.39, 0.29) is 0 Å². The van der Waals surface area contributed by atoms with Crippen molar-refractivity contribution in [3.8, 4) is 0 Å². The molecule has 11 heavy (non-hydrogen) atoms. The van der Waals surface area contributed by atoms with E-state index in [1.165, 1.54) is 0 Å². The fourth-order valence-corrected chi connectivity index (χ4v) is 0.515. The largest absolute Gasteiger partial charge is 0.478 e. The molecule has 0 atom stereocenters. The maximum absolute atomic E-state index is 13.0. The van der Waals surface area contributed by atoms with Gasteiger partial charge >= 0.3 is 5.97 Å². The van der Waals surface area contributed by atoms with E-state index in [1.54, 1.807) is 0 Å². The maximum atomic E-state index is 13.0. The van der Waals surface area contributed by atoms with Crippen molar-refractivity contribution in [2.75, 3.05) is 0 Å². The van der Waals surface area contributed by atoms with Gasteiger partial charge in [-0.25, -0.2) is 13.6 Å². The zero-order chi connectivity index (χ0) is 11.0. The average molecular weight is 161 g/mol. The van der Waals surface area contributed by atoms with Gasteiger partial charge in [-0.3, -0.25) is 0 Å². The molecule has 1 aromatic rings. The van der Waals surface area contributed by atoms with E-state index in [0.717, 1.165) is 0 Å². The molecule has 0 radical (unpaired) electrons. The van der Waals surface area contributed by atoms with Crippen LogP contribution in [-0.4, -0.2) is 11.1 Å². The predicted octanol–water partition coefficient (Wildman–Crippen LogP) is 1.66. The van der Waals surface area contributed by atoms with Crippen molar-refractivity contribution < 1.29 is 22.8 Å². The van der Waals surface area contributed by atoms with Crippen molar-refractivity contribution in [1.29, 1.82) is 0 Å². The van der Waals surface area contributed by atoms with Crippen molar-refractivity contribution in [3.63, 3.8) is 0 Å². The Labute approximate surface area is 65.3 Å². The molecule has 0 spiro atoms. The third-order valence-electron chi connectivity index (χ3n) is 0.950. The van der Waals surface area contributed by atoms with Crippen LogP contribution in [0.2, 0.25) is 0 Å². The summed E-state index contributed by atoms with van der Waals surface area (Å²) < 4.78 is 46.5. The smallest absolute Gasteiger partial charge is 0.338 e. The third kappa shape index (κ3) is 1.52. The first-order valence-electron chi connectivity index (χ1n) is 4.06. The van der Waals surface area contributed by atoms with Gasteiger partial charge in [0.15, 0.2) is 0 Å². The second-order valence-electron chi connectivity index (χ2n) is 1.68. The molecule has 0 aliphatic rings.